The molecule has 1 N–H and O–H groups in total. The molecule has 1 aliphatic heterocycles. The van der Waals surface area contributed by atoms with Gasteiger partial charge in [-0.2, -0.15) is 18.4 Å². The molecular weight excluding hydrogens is 279 g/mol. The zero-order chi connectivity index (χ0) is 15.5. The Labute approximate surface area is 122 Å². The lowest BCUT2D eigenvalue weighted by Crippen LogP contribution is -2.37. The quantitative estimate of drug-likeness (QED) is 0.932. The first-order chi connectivity index (χ1) is 9.91. The lowest BCUT2D eigenvalue weighted by molar-refractivity contribution is -0.137. The molecule has 1 aromatic carbocycles. The molecule has 1 fully saturated rings. The maximum Gasteiger partial charge on any atom is 0.417 e. The van der Waals surface area contributed by atoms with Crippen molar-refractivity contribution in [3.05, 3.63) is 29.3 Å². The van der Waals surface area contributed by atoms with Crippen LogP contribution < -0.4 is 10.2 Å². The molecule has 0 spiro atoms. The Morgan fingerprint density at radius 2 is 2.19 bits per heavy atom. The fourth-order valence-corrected chi connectivity index (χ4v) is 2.67. The molecule has 0 saturated carbocycles. The van der Waals surface area contributed by atoms with Gasteiger partial charge in [0.25, 0.3) is 0 Å². The first-order valence-corrected chi connectivity index (χ1v) is 6.95. The normalized spacial score (nSPS) is 19.1. The first kappa shape index (κ1) is 15.6. The maximum absolute atomic E-state index is 13.0. The van der Waals surface area contributed by atoms with Gasteiger partial charge in [-0.15, -0.1) is 0 Å². The minimum absolute atomic E-state index is 0.334. The summed E-state index contributed by atoms with van der Waals surface area (Å²) in [4.78, 5) is 1.83. The van der Waals surface area contributed by atoms with Crippen LogP contribution in [-0.2, 0) is 6.18 Å². The van der Waals surface area contributed by atoms with E-state index in [1.165, 1.54) is 6.07 Å². The highest BCUT2D eigenvalue weighted by atomic mass is 19.4. The molecule has 1 heterocycles. The van der Waals surface area contributed by atoms with Gasteiger partial charge in [0.2, 0.25) is 0 Å². The Morgan fingerprint density at radius 3 is 2.76 bits per heavy atom. The fourth-order valence-electron chi connectivity index (χ4n) is 2.67. The third-order valence-electron chi connectivity index (χ3n) is 3.80. The van der Waals surface area contributed by atoms with Gasteiger partial charge in [0.05, 0.1) is 17.2 Å². The van der Waals surface area contributed by atoms with Gasteiger partial charge in [0.15, 0.2) is 0 Å². The standard InChI is InChI=1S/C15H18F3N3/c1-21(10-11-3-2-6-20-9-11)13-5-4-12(8-19)14(7-13)15(16,17)18/h4-5,7,11,20H,2-3,6,9-10H2,1H3. The number of piperidine rings is 1. The molecule has 2 rings (SSSR count). The average molecular weight is 297 g/mol. The van der Waals surface area contributed by atoms with Crippen molar-refractivity contribution in [1.29, 1.82) is 5.26 Å². The molecule has 1 atom stereocenters. The molecule has 1 aromatic rings. The van der Waals surface area contributed by atoms with Crippen molar-refractivity contribution in [3.63, 3.8) is 0 Å². The predicted molar refractivity (Wildman–Crippen MR) is 75.0 cm³/mol. The van der Waals surface area contributed by atoms with E-state index in [9.17, 15) is 13.2 Å². The highest BCUT2D eigenvalue weighted by Gasteiger charge is 2.34. The van der Waals surface area contributed by atoms with E-state index in [1.807, 2.05) is 4.90 Å². The van der Waals surface area contributed by atoms with E-state index in [4.69, 9.17) is 5.26 Å². The molecule has 0 aromatic heterocycles. The summed E-state index contributed by atoms with van der Waals surface area (Å²) in [7, 11) is 1.79. The summed E-state index contributed by atoms with van der Waals surface area (Å²) in [6.07, 6.45) is -2.33. The molecule has 0 aliphatic carbocycles. The lowest BCUT2D eigenvalue weighted by Gasteiger charge is -2.29. The van der Waals surface area contributed by atoms with Crippen LogP contribution in [0.3, 0.4) is 0 Å². The van der Waals surface area contributed by atoms with Crippen molar-refractivity contribution in [2.45, 2.75) is 19.0 Å². The molecule has 0 bridgehead atoms. The minimum Gasteiger partial charge on any atom is -0.374 e. The second-order valence-corrected chi connectivity index (χ2v) is 5.43. The summed E-state index contributed by atoms with van der Waals surface area (Å²) in [6.45, 7) is 2.61. The molecule has 6 heteroatoms. The summed E-state index contributed by atoms with van der Waals surface area (Å²) >= 11 is 0. The van der Waals surface area contributed by atoms with Crippen molar-refractivity contribution in [2.24, 2.45) is 5.92 Å². The van der Waals surface area contributed by atoms with Crippen LogP contribution in [0.4, 0.5) is 18.9 Å². The van der Waals surface area contributed by atoms with Crippen molar-refractivity contribution >= 4 is 5.69 Å². The average Bonchev–Trinajstić information content (AvgIpc) is 2.46. The third kappa shape index (κ3) is 3.88. The van der Waals surface area contributed by atoms with E-state index in [-0.39, 0.29) is 5.56 Å². The number of nitrogens with one attached hydrogen (secondary N) is 1. The molecule has 1 unspecified atom stereocenters. The topological polar surface area (TPSA) is 39.1 Å². The van der Waals surface area contributed by atoms with Gasteiger partial charge in [-0.1, -0.05) is 0 Å². The number of hydrogen-bond acceptors (Lipinski definition) is 3. The second kappa shape index (κ2) is 6.35. The number of nitriles is 1. The van der Waals surface area contributed by atoms with Gasteiger partial charge < -0.3 is 10.2 Å². The zero-order valence-electron chi connectivity index (χ0n) is 11.9. The largest absolute Gasteiger partial charge is 0.417 e. The van der Waals surface area contributed by atoms with Gasteiger partial charge in [-0.3, -0.25) is 0 Å². The highest BCUT2D eigenvalue weighted by molar-refractivity contribution is 5.54. The van der Waals surface area contributed by atoms with Crippen molar-refractivity contribution in [2.75, 3.05) is 31.6 Å². The van der Waals surface area contributed by atoms with Gasteiger partial charge in [-0.05, 0) is 50.0 Å². The summed E-state index contributed by atoms with van der Waals surface area (Å²) in [6, 6.07) is 5.48. The van der Waals surface area contributed by atoms with E-state index in [2.05, 4.69) is 5.32 Å². The summed E-state index contributed by atoms with van der Waals surface area (Å²) in [5.41, 5.74) is -0.706. The SMILES string of the molecule is CN(CC1CCCNC1)c1ccc(C#N)c(C(F)(F)F)c1. The number of benzene rings is 1. The predicted octanol–water partition coefficient (Wildman–Crippen LogP) is 3.01. The van der Waals surface area contributed by atoms with E-state index < -0.39 is 11.7 Å². The Hall–Kier alpha value is -1.74. The molecule has 0 amide bonds. The maximum atomic E-state index is 13.0. The Morgan fingerprint density at radius 1 is 1.43 bits per heavy atom. The fraction of sp³-hybridized carbons (Fsp3) is 0.533. The molecule has 0 radical (unpaired) electrons. The number of anilines is 1. The lowest BCUT2D eigenvalue weighted by atomic mass is 9.98. The monoisotopic (exact) mass is 297 g/mol. The summed E-state index contributed by atoms with van der Waals surface area (Å²) in [5.74, 6) is 0.439. The summed E-state index contributed by atoms with van der Waals surface area (Å²) in [5, 5.41) is 12.1. The minimum atomic E-state index is -4.51. The molecular formula is C15H18F3N3. The van der Waals surface area contributed by atoms with Crippen LogP contribution in [0.15, 0.2) is 18.2 Å². The Bertz CT molecular complexity index is 528. The zero-order valence-corrected chi connectivity index (χ0v) is 11.9. The number of hydrogen-bond donors (Lipinski definition) is 1. The Balaban J connectivity index is 2.17. The van der Waals surface area contributed by atoms with Crippen LogP contribution in [0.5, 0.6) is 0 Å². The van der Waals surface area contributed by atoms with Gasteiger partial charge in [0.1, 0.15) is 0 Å². The smallest absolute Gasteiger partial charge is 0.374 e. The third-order valence-corrected chi connectivity index (χ3v) is 3.80. The van der Waals surface area contributed by atoms with E-state index in [1.54, 1.807) is 19.2 Å². The molecule has 3 nitrogen and oxygen atoms in total. The number of rotatable bonds is 3. The second-order valence-electron chi connectivity index (χ2n) is 5.43. The van der Waals surface area contributed by atoms with Crippen LogP contribution in [0.1, 0.15) is 24.0 Å². The van der Waals surface area contributed by atoms with Gasteiger partial charge in [0, 0.05) is 19.3 Å². The Kier molecular flexibility index (Phi) is 4.73. The van der Waals surface area contributed by atoms with E-state index in [0.717, 1.165) is 32.0 Å². The molecule has 1 aliphatic rings. The van der Waals surface area contributed by atoms with Crippen LogP contribution in [0.25, 0.3) is 0 Å². The van der Waals surface area contributed by atoms with Gasteiger partial charge >= 0.3 is 6.18 Å². The van der Waals surface area contributed by atoms with Crippen molar-refractivity contribution in [1.82, 2.24) is 5.32 Å². The van der Waals surface area contributed by atoms with E-state index >= 15 is 0 Å². The molecule has 114 valence electrons. The number of nitrogens with zero attached hydrogens (tertiary/aromatic N) is 2. The van der Waals surface area contributed by atoms with E-state index in [0.29, 0.717) is 18.2 Å². The first-order valence-electron chi connectivity index (χ1n) is 6.95. The number of alkyl halides is 3. The van der Waals surface area contributed by atoms with Crippen LogP contribution in [0, 0.1) is 17.2 Å². The molecule has 21 heavy (non-hydrogen) atoms. The number of halogens is 3. The van der Waals surface area contributed by atoms with Crippen LogP contribution in [0.2, 0.25) is 0 Å². The van der Waals surface area contributed by atoms with Crippen molar-refractivity contribution in [3.8, 4) is 6.07 Å². The highest BCUT2D eigenvalue weighted by Crippen LogP contribution is 2.34. The van der Waals surface area contributed by atoms with Crippen LogP contribution >= 0.6 is 0 Å². The summed E-state index contributed by atoms with van der Waals surface area (Å²) < 4.78 is 38.9. The van der Waals surface area contributed by atoms with Crippen LogP contribution in [-0.4, -0.2) is 26.7 Å². The molecule has 1 saturated heterocycles. The van der Waals surface area contributed by atoms with Crippen molar-refractivity contribution < 1.29 is 13.2 Å². The van der Waals surface area contributed by atoms with Gasteiger partial charge in [-0.25, -0.2) is 0 Å².